The molecule has 0 aromatic carbocycles. The first-order valence-electron chi connectivity index (χ1n) is 8.97. The minimum atomic E-state index is 0.0789. The maximum atomic E-state index is 13.0. The number of rotatable bonds is 4. The summed E-state index contributed by atoms with van der Waals surface area (Å²) in [5.41, 5.74) is 0.834. The molecule has 0 spiro atoms. The Labute approximate surface area is 152 Å². The van der Waals surface area contributed by atoms with E-state index in [9.17, 15) is 4.79 Å². The van der Waals surface area contributed by atoms with Gasteiger partial charge in [0, 0.05) is 24.9 Å². The number of likely N-dealkylation sites (tertiary alicyclic amines) is 1. The molecule has 0 bridgehead atoms. The third-order valence-corrected chi connectivity index (χ3v) is 5.98. The molecule has 2 aromatic heterocycles. The molecular weight excluding hydrogens is 336 g/mol. The highest BCUT2D eigenvalue weighted by Crippen LogP contribution is 2.30. The fourth-order valence-corrected chi connectivity index (χ4v) is 4.05. The van der Waals surface area contributed by atoms with Gasteiger partial charge in [-0.3, -0.25) is 4.79 Å². The number of amides is 1. The molecule has 0 saturated carbocycles. The van der Waals surface area contributed by atoms with Gasteiger partial charge in [0.2, 0.25) is 5.89 Å². The fraction of sp³-hybridized carbons (Fsp3) is 0.667. The van der Waals surface area contributed by atoms with E-state index in [-0.39, 0.29) is 17.7 Å². The molecule has 25 heavy (non-hydrogen) atoms. The predicted molar refractivity (Wildman–Crippen MR) is 97.2 cm³/mol. The summed E-state index contributed by atoms with van der Waals surface area (Å²) in [5.74, 6) is 2.18. The van der Waals surface area contributed by atoms with Crippen LogP contribution in [0.4, 0.5) is 0 Å². The molecular formula is C18H26N4O2S. The summed E-state index contributed by atoms with van der Waals surface area (Å²) < 4.78 is 5.45. The van der Waals surface area contributed by atoms with Gasteiger partial charge in [-0.2, -0.15) is 4.98 Å². The Bertz CT molecular complexity index is 750. The van der Waals surface area contributed by atoms with Crippen molar-refractivity contribution >= 4 is 17.2 Å². The van der Waals surface area contributed by atoms with Crippen molar-refractivity contribution in [2.45, 2.75) is 65.2 Å². The standard InChI is InChI=1S/C18H26N4O2S/c1-10(2)15-20-16(24-21-15)13-7-6-8-22(9-13)18(23)14-12(5)19-17(25-14)11(3)4/h10-11,13H,6-9H2,1-5H3/t13-/m0/s1. The molecule has 7 heteroatoms. The molecule has 3 rings (SSSR count). The number of carbonyl (C=O) groups is 1. The molecule has 1 atom stereocenters. The van der Waals surface area contributed by atoms with E-state index in [1.165, 1.54) is 11.3 Å². The summed E-state index contributed by atoms with van der Waals surface area (Å²) >= 11 is 1.52. The van der Waals surface area contributed by atoms with Gasteiger partial charge in [-0.25, -0.2) is 4.98 Å². The van der Waals surface area contributed by atoms with Gasteiger partial charge in [0.15, 0.2) is 5.82 Å². The van der Waals surface area contributed by atoms with E-state index in [0.717, 1.165) is 40.8 Å². The zero-order valence-corrected chi connectivity index (χ0v) is 16.4. The lowest BCUT2D eigenvalue weighted by atomic mass is 9.97. The van der Waals surface area contributed by atoms with E-state index < -0.39 is 0 Å². The topological polar surface area (TPSA) is 72.1 Å². The zero-order chi connectivity index (χ0) is 18.1. The number of aromatic nitrogens is 3. The summed E-state index contributed by atoms with van der Waals surface area (Å²) in [7, 11) is 0. The first-order chi connectivity index (χ1) is 11.9. The molecule has 0 aliphatic carbocycles. The van der Waals surface area contributed by atoms with Crippen LogP contribution in [-0.2, 0) is 0 Å². The highest BCUT2D eigenvalue weighted by Gasteiger charge is 2.31. The maximum Gasteiger partial charge on any atom is 0.265 e. The Balaban J connectivity index is 1.75. The van der Waals surface area contributed by atoms with Gasteiger partial charge in [-0.15, -0.1) is 11.3 Å². The lowest BCUT2D eigenvalue weighted by molar-refractivity contribution is 0.0699. The number of aryl methyl sites for hydroxylation is 1. The van der Waals surface area contributed by atoms with Gasteiger partial charge in [-0.1, -0.05) is 32.9 Å². The molecule has 3 heterocycles. The number of carbonyl (C=O) groups excluding carboxylic acids is 1. The third-order valence-electron chi connectivity index (χ3n) is 4.53. The largest absolute Gasteiger partial charge is 0.339 e. The minimum Gasteiger partial charge on any atom is -0.339 e. The molecule has 0 radical (unpaired) electrons. The van der Waals surface area contributed by atoms with Crippen LogP contribution in [0.25, 0.3) is 0 Å². The van der Waals surface area contributed by atoms with Crippen LogP contribution < -0.4 is 0 Å². The predicted octanol–water partition coefficient (Wildman–Crippen LogP) is 4.10. The van der Waals surface area contributed by atoms with E-state index in [1.807, 2.05) is 25.7 Å². The van der Waals surface area contributed by atoms with Crippen LogP contribution in [0.1, 0.15) is 90.4 Å². The van der Waals surface area contributed by atoms with Gasteiger partial charge in [-0.05, 0) is 19.8 Å². The molecule has 1 fully saturated rings. The van der Waals surface area contributed by atoms with Crippen LogP contribution >= 0.6 is 11.3 Å². The molecule has 0 N–H and O–H groups in total. The second kappa shape index (κ2) is 7.23. The summed E-state index contributed by atoms with van der Waals surface area (Å²) in [6.45, 7) is 11.6. The molecule has 1 amide bonds. The van der Waals surface area contributed by atoms with E-state index in [4.69, 9.17) is 4.52 Å². The minimum absolute atomic E-state index is 0.0789. The highest BCUT2D eigenvalue weighted by molar-refractivity contribution is 7.13. The van der Waals surface area contributed by atoms with E-state index >= 15 is 0 Å². The third kappa shape index (κ3) is 3.76. The lowest BCUT2D eigenvalue weighted by Gasteiger charge is -2.30. The van der Waals surface area contributed by atoms with Crippen LogP contribution in [0.5, 0.6) is 0 Å². The van der Waals surface area contributed by atoms with Crippen molar-refractivity contribution in [2.75, 3.05) is 13.1 Å². The average molecular weight is 362 g/mol. The molecule has 1 aliphatic heterocycles. The van der Waals surface area contributed by atoms with Crippen molar-refractivity contribution in [3.05, 3.63) is 27.3 Å². The lowest BCUT2D eigenvalue weighted by Crippen LogP contribution is -2.39. The van der Waals surface area contributed by atoms with Crippen LogP contribution in [0.3, 0.4) is 0 Å². The average Bonchev–Trinajstić information content (AvgIpc) is 3.21. The van der Waals surface area contributed by atoms with Gasteiger partial charge in [0.25, 0.3) is 5.91 Å². The van der Waals surface area contributed by atoms with Crippen molar-refractivity contribution in [1.29, 1.82) is 0 Å². The Morgan fingerprint density at radius 3 is 2.60 bits per heavy atom. The Hall–Kier alpha value is -1.76. The number of thiazole rings is 1. The molecule has 2 aromatic rings. The SMILES string of the molecule is Cc1nc(C(C)C)sc1C(=O)N1CCC[C@H](c2nc(C(C)C)no2)C1. The van der Waals surface area contributed by atoms with Gasteiger partial charge in [0.1, 0.15) is 4.88 Å². The van der Waals surface area contributed by atoms with Crippen molar-refractivity contribution in [3.63, 3.8) is 0 Å². The normalized spacial score (nSPS) is 18.4. The van der Waals surface area contributed by atoms with Gasteiger partial charge < -0.3 is 9.42 Å². The van der Waals surface area contributed by atoms with E-state index in [1.54, 1.807) is 0 Å². The maximum absolute atomic E-state index is 13.0. The summed E-state index contributed by atoms with van der Waals surface area (Å²) in [5, 5.41) is 5.08. The molecule has 136 valence electrons. The van der Waals surface area contributed by atoms with E-state index in [2.05, 4.69) is 29.0 Å². The van der Waals surface area contributed by atoms with Crippen LogP contribution in [0.2, 0.25) is 0 Å². The summed E-state index contributed by atoms with van der Waals surface area (Å²) in [4.78, 5) is 24.7. The molecule has 1 saturated heterocycles. The number of piperidine rings is 1. The second-order valence-corrected chi connectivity index (χ2v) is 8.39. The van der Waals surface area contributed by atoms with Gasteiger partial charge in [0.05, 0.1) is 16.6 Å². The van der Waals surface area contributed by atoms with Crippen LogP contribution in [-0.4, -0.2) is 39.0 Å². The Kier molecular flexibility index (Phi) is 5.22. The smallest absolute Gasteiger partial charge is 0.265 e. The first kappa shape index (κ1) is 18.0. The van der Waals surface area contributed by atoms with Gasteiger partial charge >= 0.3 is 0 Å². The van der Waals surface area contributed by atoms with Crippen molar-refractivity contribution in [3.8, 4) is 0 Å². The number of hydrogen-bond acceptors (Lipinski definition) is 6. The summed E-state index contributed by atoms with van der Waals surface area (Å²) in [6, 6.07) is 0. The van der Waals surface area contributed by atoms with Crippen molar-refractivity contribution in [2.24, 2.45) is 0 Å². The number of nitrogens with zero attached hydrogens (tertiary/aromatic N) is 4. The highest BCUT2D eigenvalue weighted by atomic mass is 32.1. The van der Waals surface area contributed by atoms with Crippen LogP contribution in [0.15, 0.2) is 4.52 Å². The molecule has 6 nitrogen and oxygen atoms in total. The quantitative estimate of drug-likeness (QED) is 0.819. The molecule has 1 aliphatic rings. The molecule has 0 unspecified atom stereocenters. The zero-order valence-electron chi connectivity index (χ0n) is 15.6. The first-order valence-corrected chi connectivity index (χ1v) is 9.78. The number of hydrogen-bond donors (Lipinski definition) is 0. The van der Waals surface area contributed by atoms with Crippen molar-refractivity contribution < 1.29 is 9.32 Å². The summed E-state index contributed by atoms with van der Waals surface area (Å²) in [6.07, 6.45) is 1.92. The fourth-order valence-electron chi connectivity index (χ4n) is 3.02. The van der Waals surface area contributed by atoms with E-state index in [0.29, 0.717) is 18.4 Å². The van der Waals surface area contributed by atoms with Crippen molar-refractivity contribution in [1.82, 2.24) is 20.0 Å². The second-order valence-electron chi connectivity index (χ2n) is 7.36. The Morgan fingerprint density at radius 2 is 2.00 bits per heavy atom. The Morgan fingerprint density at radius 1 is 1.24 bits per heavy atom. The monoisotopic (exact) mass is 362 g/mol. The van der Waals surface area contributed by atoms with Crippen LogP contribution in [0, 0.1) is 6.92 Å².